The molecule has 0 heterocycles. The second kappa shape index (κ2) is 14.5. The second-order valence-electron chi connectivity index (χ2n) is 30.1. The van der Waals surface area contributed by atoms with Crippen molar-refractivity contribution < 1.29 is 0 Å². The van der Waals surface area contributed by atoms with Gasteiger partial charge >= 0.3 is 0 Å². The Balaban J connectivity index is 7.85. The lowest BCUT2D eigenvalue weighted by atomic mass is 9.30. The van der Waals surface area contributed by atoms with Crippen molar-refractivity contribution in [2.24, 2.45) is 104 Å². The van der Waals surface area contributed by atoms with Crippen LogP contribution in [0.2, 0.25) is 0 Å². The third-order valence-corrected chi connectivity index (χ3v) is 28.0. The molecule has 0 aromatic rings. The summed E-state index contributed by atoms with van der Waals surface area (Å²) in [6, 6.07) is 0. The molecule has 0 fully saturated rings. The molecule has 0 spiro atoms. The molecule has 0 aromatic carbocycles. The van der Waals surface area contributed by atoms with Crippen LogP contribution in [0.25, 0.3) is 0 Å². The van der Waals surface area contributed by atoms with Crippen LogP contribution in [-0.2, 0) is 0 Å². The van der Waals surface area contributed by atoms with Gasteiger partial charge in [0, 0.05) is 0 Å². The standard InChI is InChI=1S/C57H116/c1-39(2)41(5,6)43(9,10)45(13,14)47(17,18)49(21,22)51(25,26)53(29,30)55(33,34)57(37,38)56(35,36)54(31,32)52(27,28)50(23,24)48(19,20)46(15,16)44(11,12)42(7,8)40(3)4/h39-40H,1-38H3. The fourth-order valence-electron chi connectivity index (χ4n) is 13.2. The molecule has 0 saturated heterocycles. The minimum atomic E-state index is -0.0508. The van der Waals surface area contributed by atoms with Gasteiger partial charge in [-0.25, -0.2) is 0 Å². The van der Waals surface area contributed by atoms with Crippen LogP contribution in [0.1, 0.15) is 263 Å². The van der Waals surface area contributed by atoms with Crippen molar-refractivity contribution in [3.8, 4) is 0 Å². The van der Waals surface area contributed by atoms with E-state index in [0.717, 1.165) is 0 Å². The van der Waals surface area contributed by atoms with Crippen LogP contribution < -0.4 is 0 Å². The molecule has 0 saturated carbocycles. The van der Waals surface area contributed by atoms with Crippen molar-refractivity contribution in [2.75, 3.05) is 0 Å². The average molecular weight is 802 g/mol. The predicted octanol–water partition coefficient (Wildman–Crippen LogP) is 19.7. The Kier molecular flexibility index (Phi) is 14.5. The fraction of sp³-hybridized carbons (Fsp3) is 1.00. The highest BCUT2D eigenvalue weighted by Gasteiger charge is 2.72. The first-order valence-corrected chi connectivity index (χ1v) is 23.9. The molecule has 0 radical (unpaired) electrons. The molecule has 0 aromatic heterocycles. The van der Waals surface area contributed by atoms with E-state index in [4.69, 9.17) is 0 Å². The summed E-state index contributed by atoms with van der Waals surface area (Å²) in [5, 5.41) is 0. The summed E-state index contributed by atoms with van der Waals surface area (Å²) >= 11 is 0. The van der Waals surface area contributed by atoms with E-state index < -0.39 is 0 Å². The van der Waals surface area contributed by atoms with Gasteiger partial charge in [-0.15, -0.1) is 0 Å². The molecule has 344 valence electrons. The lowest BCUT2D eigenvalue weighted by Gasteiger charge is -2.74. The van der Waals surface area contributed by atoms with Crippen LogP contribution in [0.15, 0.2) is 0 Å². The van der Waals surface area contributed by atoms with Gasteiger partial charge in [0.15, 0.2) is 0 Å². The SMILES string of the molecule is CC(C)C(C)(C)C(C)(C)C(C)(C)C(C)(C)C(C)(C)C(C)(C)C(C)(C)C(C)(C)C(C)(C)C(C)(C)C(C)(C)C(C)(C)C(C)(C)C(C)(C)C(C)(C)C(C)(C)C(C)(C)C(C)C. The average Bonchev–Trinajstić information content (AvgIpc) is 2.98. The van der Waals surface area contributed by atoms with Gasteiger partial charge < -0.3 is 0 Å². The van der Waals surface area contributed by atoms with Gasteiger partial charge in [-0.2, -0.15) is 0 Å². The Morgan fingerprint density at radius 3 is 0.281 bits per heavy atom. The Hall–Kier alpha value is 0. The van der Waals surface area contributed by atoms with E-state index >= 15 is 0 Å². The Bertz CT molecular complexity index is 1280. The van der Waals surface area contributed by atoms with Gasteiger partial charge in [0.05, 0.1) is 0 Å². The van der Waals surface area contributed by atoms with E-state index in [9.17, 15) is 0 Å². The zero-order valence-electron chi connectivity index (χ0n) is 47.7. The van der Waals surface area contributed by atoms with Crippen molar-refractivity contribution >= 4 is 0 Å². The molecule has 0 heteroatoms. The molecular weight excluding hydrogens is 685 g/mol. The zero-order valence-corrected chi connectivity index (χ0v) is 47.7. The maximum Gasteiger partial charge on any atom is -0.0241 e. The van der Waals surface area contributed by atoms with Crippen LogP contribution >= 0.6 is 0 Å². The highest BCUT2D eigenvalue weighted by Crippen LogP contribution is 2.78. The topological polar surface area (TPSA) is 0 Å². The highest BCUT2D eigenvalue weighted by molar-refractivity contribution is 5.20. The summed E-state index contributed by atoms with van der Waals surface area (Å²) in [6.07, 6.45) is 0. The van der Waals surface area contributed by atoms with Gasteiger partial charge in [0.1, 0.15) is 0 Å². The molecule has 0 aliphatic rings. The highest BCUT2D eigenvalue weighted by atomic mass is 14.8. The van der Waals surface area contributed by atoms with Crippen LogP contribution in [0, 0.1) is 104 Å². The number of hydrogen-bond donors (Lipinski definition) is 0. The van der Waals surface area contributed by atoms with E-state index in [1.165, 1.54) is 0 Å². The minimum Gasteiger partial charge on any atom is -0.0622 e. The van der Waals surface area contributed by atoms with Gasteiger partial charge in [-0.05, 0) is 104 Å². The summed E-state index contributed by atoms with van der Waals surface area (Å²) in [5.41, 5.74) is 0.300. The summed E-state index contributed by atoms with van der Waals surface area (Å²) in [7, 11) is 0. The van der Waals surface area contributed by atoms with Crippen LogP contribution in [0.4, 0.5) is 0 Å². The van der Waals surface area contributed by atoms with Gasteiger partial charge in [0.2, 0.25) is 0 Å². The third-order valence-electron chi connectivity index (χ3n) is 28.0. The number of rotatable bonds is 18. The lowest BCUT2D eigenvalue weighted by Crippen LogP contribution is -2.68. The van der Waals surface area contributed by atoms with Crippen molar-refractivity contribution in [1.82, 2.24) is 0 Å². The van der Waals surface area contributed by atoms with Crippen LogP contribution in [0.5, 0.6) is 0 Å². The van der Waals surface area contributed by atoms with Crippen molar-refractivity contribution in [1.29, 1.82) is 0 Å². The van der Waals surface area contributed by atoms with Crippen LogP contribution in [0.3, 0.4) is 0 Å². The Labute approximate surface area is 365 Å². The molecule has 57 heavy (non-hydrogen) atoms. The van der Waals surface area contributed by atoms with Crippen LogP contribution in [-0.4, -0.2) is 0 Å². The molecule has 0 bridgehead atoms. The van der Waals surface area contributed by atoms with E-state index in [-0.39, 0.29) is 92.1 Å². The Morgan fingerprint density at radius 2 is 0.211 bits per heavy atom. The fourth-order valence-corrected chi connectivity index (χ4v) is 13.2. The molecule has 0 nitrogen and oxygen atoms in total. The number of hydrogen-bond acceptors (Lipinski definition) is 0. The molecule has 0 rings (SSSR count). The smallest absolute Gasteiger partial charge is 0.0241 e. The van der Waals surface area contributed by atoms with E-state index in [1.54, 1.807) is 0 Å². The van der Waals surface area contributed by atoms with Crippen molar-refractivity contribution in [3.63, 3.8) is 0 Å². The maximum absolute atomic E-state index is 2.65. The molecule has 0 aliphatic heterocycles. The molecule has 0 N–H and O–H groups in total. The monoisotopic (exact) mass is 801 g/mol. The summed E-state index contributed by atoms with van der Waals surface area (Å²) in [5.74, 6) is 1.18. The minimum absolute atomic E-state index is 0.00769. The normalized spacial score (nSPS) is 17.3. The Morgan fingerprint density at radius 1 is 0.140 bits per heavy atom. The largest absolute Gasteiger partial charge is 0.0622 e. The summed E-state index contributed by atoms with van der Waals surface area (Å²) in [4.78, 5) is 0. The molecule has 0 atom stereocenters. The zero-order chi connectivity index (χ0) is 47.7. The maximum atomic E-state index is 2.65. The molecular formula is C57H116. The van der Waals surface area contributed by atoms with Crippen molar-refractivity contribution in [2.45, 2.75) is 263 Å². The van der Waals surface area contributed by atoms with Crippen molar-refractivity contribution in [3.05, 3.63) is 0 Å². The molecule has 0 unspecified atom stereocenters. The van der Waals surface area contributed by atoms with Gasteiger partial charge in [0.25, 0.3) is 0 Å². The van der Waals surface area contributed by atoms with E-state index in [2.05, 4.69) is 263 Å². The van der Waals surface area contributed by atoms with Gasteiger partial charge in [-0.1, -0.05) is 263 Å². The third kappa shape index (κ3) is 6.71. The quantitative estimate of drug-likeness (QED) is 0.130. The lowest BCUT2D eigenvalue weighted by molar-refractivity contribution is -0.263. The first kappa shape index (κ1) is 57.0. The van der Waals surface area contributed by atoms with Gasteiger partial charge in [-0.3, -0.25) is 0 Å². The second-order valence-corrected chi connectivity index (χ2v) is 30.1. The first-order chi connectivity index (χ1) is 23.9. The van der Waals surface area contributed by atoms with E-state index in [0.29, 0.717) is 11.8 Å². The first-order valence-electron chi connectivity index (χ1n) is 23.9. The molecule has 0 aliphatic carbocycles. The van der Waals surface area contributed by atoms with E-state index in [1.807, 2.05) is 0 Å². The summed E-state index contributed by atoms with van der Waals surface area (Å²) in [6.45, 7) is 98.4. The molecule has 0 amide bonds. The summed E-state index contributed by atoms with van der Waals surface area (Å²) < 4.78 is 0. The predicted molar refractivity (Wildman–Crippen MR) is 264 cm³/mol.